The minimum atomic E-state index is -4.90. The van der Waals surface area contributed by atoms with Gasteiger partial charge < -0.3 is 10.0 Å². The van der Waals surface area contributed by atoms with E-state index >= 15 is 0 Å². The van der Waals surface area contributed by atoms with Crippen LogP contribution in [0.25, 0.3) is 11.3 Å². The van der Waals surface area contributed by atoms with Crippen molar-refractivity contribution in [1.29, 1.82) is 0 Å². The number of hydrogen-bond donors (Lipinski definition) is 2. The number of anilines is 2. The molecule has 1 aliphatic rings. The molecular formula is C25H25F3N4O4S. The number of alkyl halides is 3. The number of aryl methyl sites for hydroxylation is 1. The largest absolute Gasteiger partial charge is 0.481 e. The van der Waals surface area contributed by atoms with Crippen molar-refractivity contribution in [2.45, 2.75) is 37.3 Å². The van der Waals surface area contributed by atoms with Crippen LogP contribution in [0.5, 0.6) is 0 Å². The highest BCUT2D eigenvalue weighted by Crippen LogP contribution is 2.38. The van der Waals surface area contributed by atoms with E-state index in [-0.39, 0.29) is 29.9 Å². The number of benzene rings is 1. The van der Waals surface area contributed by atoms with Crippen LogP contribution in [-0.4, -0.2) is 42.6 Å². The van der Waals surface area contributed by atoms with Gasteiger partial charge in [0.15, 0.2) is 5.03 Å². The van der Waals surface area contributed by atoms with Gasteiger partial charge >= 0.3 is 12.1 Å². The molecule has 1 saturated carbocycles. The standard InChI is InChI=1S/C25H25F3N4O4S/c1-16-5-2-3-6-18(16)24-19(25(26,27)28)11-12-20(29-24)31-37(35,36)22-8-4-7-21(30-22)32(14-13-23(33)34)15-17-9-10-17/h2-8,11-12,17H,9-10,13-15H2,1H3,(H,29,31)(H,33,34)/i1D3. The molecule has 0 atom stereocenters. The maximum atomic E-state index is 13.9. The number of nitrogens with one attached hydrogen (secondary N) is 1. The molecule has 2 N–H and O–H groups in total. The van der Waals surface area contributed by atoms with Crippen molar-refractivity contribution >= 4 is 27.6 Å². The average Bonchev–Trinajstić information content (AvgIpc) is 3.69. The molecule has 0 spiro atoms. The Bertz CT molecular complexity index is 1510. The molecule has 2 heterocycles. The Morgan fingerprint density at radius 1 is 1.14 bits per heavy atom. The molecule has 1 aliphatic carbocycles. The van der Waals surface area contributed by atoms with Gasteiger partial charge in [-0.25, -0.2) is 9.97 Å². The van der Waals surface area contributed by atoms with Crippen molar-refractivity contribution in [2.24, 2.45) is 5.92 Å². The predicted octanol–water partition coefficient (Wildman–Crippen LogP) is 4.96. The molecule has 0 bridgehead atoms. The summed E-state index contributed by atoms with van der Waals surface area (Å²) in [6.07, 6.45) is -3.15. The lowest BCUT2D eigenvalue weighted by atomic mass is 10.0. The minimum Gasteiger partial charge on any atom is -0.481 e. The number of sulfonamides is 1. The number of aliphatic carboxylic acids is 1. The van der Waals surface area contributed by atoms with Gasteiger partial charge in [0.25, 0.3) is 10.0 Å². The fourth-order valence-electron chi connectivity index (χ4n) is 3.70. The van der Waals surface area contributed by atoms with Crippen LogP contribution in [0.15, 0.2) is 59.6 Å². The number of hydrogen-bond acceptors (Lipinski definition) is 6. The highest BCUT2D eigenvalue weighted by molar-refractivity contribution is 7.92. The molecule has 1 aromatic carbocycles. The van der Waals surface area contributed by atoms with Crippen LogP contribution in [0.4, 0.5) is 24.8 Å². The van der Waals surface area contributed by atoms with Gasteiger partial charge in [-0.1, -0.05) is 30.3 Å². The summed E-state index contributed by atoms with van der Waals surface area (Å²) in [4.78, 5) is 20.9. The van der Waals surface area contributed by atoms with Crippen LogP contribution in [0, 0.1) is 12.8 Å². The highest BCUT2D eigenvalue weighted by atomic mass is 32.2. The van der Waals surface area contributed by atoms with Crippen LogP contribution < -0.4 is 9.62 Å². The molecule has 0 radical (unpaired) electrons. The number of carboxylic acids is 1. The Labute approximate surface area is 216 Å². The second-order valence-corrected chi connectivity index (χ2v) is 10.2. The van der Waals surface area contributed by atoms with E-state index in [9.17, 15) is 26.4 Å². The molecule has 1 fully saturated rings. The Kier molecular flexibility index (Phi) is 6.31. The van der Waals surface area contributed by atoms with E-state index in [1.165, 1.54) is 30.3 Å². The summed E-state index contributed by atoms with van der Waals surface area (Å²) in [6.45, 7) is -2.14. The van der Waals surface area contributed by atoms with E-state index in [2.05, 4.69) is 14.7 Å². The molecule has 0 aliphatic heterocycles. The van der Waals surface area contributed by atoms with Crippen LogP contribution in [-0.2, 0) is 21.0 Å². The molecule has 0 unspecified atom stereocenters. The number of aromatic nitrogens is 2. The van der Waals surface area contributed by atoms with Crippen LogP contribution in [0.2, 0.25) is 0 Å². The van der Waals surface area contributed by atoms with Crippen molar-refractivity contribution in [3.05, 3.63) is 65.7 Å². The molecule has 8 nitrogen and oxygen atoms in total. The lowest BCUT2D eigenvalue weighted by Gasteiger charge is -2.23. The summed E-state index contributed by atoms with van der Waals surface area (Å²) >= 11 is 0. The van der Waals surface area contributed by atoms with Gasteiger partial charge in [-0.05, 0) is 55.4 Å². The summed E-state index contributed by atoms with van der Waals surface area (Å²) in [5.74, 6) is -0.906. The van der Waals surface area contributed by atoms with Gasteiger partial charge in [-0.15, -0.1) is 0 Å². The predicted molar refractivity (Wildman–Crippen MR) is 132 cm³/mol. The summed E-state index contributed by atoms with van der Waals surface area (Å²) in [6, 6.07) is 10.7. The molecule has 12 heteroatoms. The second kappa shape index (κ2) is 10.4. The van der Waals surface area contributed by atoms with E-state index in [4.69, 9.17) is 9.22 Å². The van der Waals surface area contributed by atoms with Crippen LogP contribution in [0.3, 0.4) is 0 Å². The van der Waals surface area contributed by atoms with Crippen molar-refractivity contribution in [2.75, 3.05) is 22.7 Å². The smallest absolute Gasteiger partial charge is 0.418 e. The van der Waals surface area contributed by atoms with Crippen LogP contribution >= 0.6 is 0 Å². The van der Waals surface area contributed by atoms with Gasteiger partial charge in [-0.3, -0.25) is 9.52 Å². The van der Waals surface area contributed by atoms with Gasteiger partial charge in [-0.2, -0.15) is 21.6 Å². The first kappa shape index (κ1) is 22.5. The summed E-state index contributed by atoms with van der Waals surface area (Å²) in [7, 11) is -4.46. The Morgan fingerprint density at radius 3 is 2.57 bits per heavy atom. The van der Waals surface area contributed by atoms with Gasteiger partial charge in [0.2, 0.25) is 0 Å². The van der Waals surface area contributed by atoms with E-state index in [0.29, 0.717) is 18.5 Å². The zero-order valence-electron chi connectivity index (χ0n) is 22.4. The molecule has 2 aromatic heterocycles. The van der Waals surface area contributed by atoms with E-state index < -0.39 is 51.1 Å². The normalized spacial score (nSPS) is 15.4. The number of halogens is 3. The number of rotatable bonds is 10. The first-order valence-corrected chi connectivity index (χ1v) is 12.8. The van der Waals surface area contributed by atoms with Crippen LogP contribution in [0.1, 0.15) is 34.5 Å². The zero-order valence-corrected chi connectivity index (χ0v) is 20.2. The fourth-order valence-corrected chi connectivity index (χ4v) is 4.67. The molecule has 37 heavy (non-hydrogen) atoms. The van der Waals surface area contributed by atoms with Crippen molar-refractivity contribution in [1.82, 2.24) is 9.97 Å². The minimum absolute atomic E-state index is 0.114. The maximum Gasteiger partial charge on any atom is 0.418 e. The number of pyridine rings is 2. The second-order valence-electron chi connectivity index (χ2n) is 8.61. The molecule has 4 rings (SSSR count). The first-order valence-electron chi connectivity index (χ1n) is 12.8. The molecular weight excluding hydrogens is 509 g/mol. The lowest BCUT2D eigenvalue weighted by molar-refractivity contribution is -0.138. The third-order valence-electron chi connectivity index (χ3n) is 5.70. The SMILES string of the molecule is [2H]C([2H])([2H])c1ccccc1-c1nc(NS(=O)(=O)c2cccc(N(CCC(=O)O)CC3CC3)n2)ccc1C(F)(F)F. The summed E-state index contributed by atoms with van der Waals surface area (Å²) < 4.78 is 93.2. The molecule has 3 aromatic rings. The molecule has 0 saturated heterocycles. The monoisotopic (exact) mass is 537 g/mol. The molecule has 196 valence electrons. The zero-order chi connectivity index (χ0) is 29.3. The summed E-state index contributed by atoms with van der Waals surface area (Å²) in [5.41, 5.74) is -2.67. The third-order valence-corrected chi connectivity index (χ3v) is 6.96. The van der Waals surface area contributed by atoms with Gasteiger partial charge in [0, 0.05) is 22.8 Å². The number of carboxylic acid groups (broad SMARTS) is 1. The van der Waals surface area contributed by atoms with Gasteiger partial charge in [0.05, 0.1) is 17.7 Å². The van der Waals surface area contributed by atoms with E-state index in [0.717, 1.165) is 25.0 Å². The van der Waals surface area contributed by atoms with E-state index in [1.54, 1.807) is 11.0 Å². The lowest BCUT2D eigenvalue weighted by Crippen LogP contribution is -2.29. The van der Waals surface area contributed by atoms with Gasteiger partial charge in [0.1, 0.15) is 11.6 Å². The highest BCUT2D eigenvalue weighted by Gasteiger charge is 2.35. The van der Waals surface area contributed by atoms with Crippen molar-refractivity contribution < 1.29 is 35.6 Å². The average molecular weight is 538 g/mol. The Balaban J connectivity index is 1.70. The number of carbonyl (C=O) groups is 1. The van der Waals surface area contributed by atoms with Crippen molar-refractivity contribution in [3.8, 4) is 11.3 Å². The Morgan fingerprint density at radius 2 is 1.89 bits per heavy atom. The summed E-state index contributed by atoms with van der Waals surface area (Å²) in [5, 5.41) is 8.63. The molecule has 0 amide bonds. The van der Waals surface area contributed by atoms with E-state index in [1.807, 2.05) is 0 Å². The fraction of sp³-hybridized carbons (Fsp3) is 0.320. The first-order chi connectivity index (χ1) is 18.6. The maximum absolute atomic E-state index is 13.9. The van der Waals surface area contributed by atoms with Crippen molar-refractivity contribution in [3.63, 3.8) is 0 Å². The number of nitrogens with zero attached hydrogens (tertiary/aromatic N) is 3. The topological polar surface area (TPSA) is 112 Å². The Hall–Kier alpha value is -3.67. The third kappa shape index (κ3) is 6.56. The quantitative estimate of drug-likeness (QED) is 0.376.